The van der Waals surface area contributed by atoms with Gasteiger partial charge in [0.2, 0.25) is 0 Å². The Balaban J connectivity index is 0.00000136. The van der Waals surface area contributed by atoms with Crippen molar-refractivity contribution < 1.29 is 21.6 Å². The maximum absolute atomic E-state index is 13.2. The molecule has 0 aliphatic rings. The maximum Gasteiger partial charge on any atom is 0.434 e. The van der Waals surface area contributed by atoms with Crippen LogP contribution in [0.4, 0.5) is 13.2 Å². The summed E-state index contributed by atoms with van der Waals surface area (Å²) in [6, 6.07) is 12.6. The SMILES string of the molecule is CC.Cc1cccc(-c2nc(C(F)(F)F)cn2-c2ccc(S(C)(=O)=O)cc2)c1. The fourth-order valence-corrected chi connectivity index (χ4v) is 3.19. The molecule has 1 aromatic heterocycles. The van der Waals surface area contributed by atoms with Crippen LogP contribution < -0.4 is 0 Å². The molecule has 2 aromatic carbocycles. The molecule has 28 heavy (non-hydrogen) atoms. The highest BCUT2D eigenvalue weighted by atomic mass is 32.2. The van der Waals surface area contributed by atoms with Crippen molar-refractivity contribution in [2.24, 2.45) is 0 Å². The Bertz CT molecular complexity index is 1050. The van der Waals surface area contributed by atoms with Crippen LogP contribution in [0.1, 0.15) is 25.1 Å². The molecule has 1 heterocycles. The smallest absolute Gasteiger partial charge is 0.299 e. The van der Waals surface area contributed by atoms with Crippen LogP contribution in [0.25, 0.3) is 17.1 Å². The zero-order valence-corrected chi connectivity index (χ0v) is 16.8. The summed E-state index contributed by atoms with van der Waals surface area (Å²) in [6.07, 6.45) is -2.61. The molecular weight excluding hydrogens is 389 g/mol. The van der Waals surface area contributed by atoms with Crippen molar-refractivity contribution in [3.05, 3.63) is 66.0 Å². The lowest BCUT2D eigenvalue weighted by molar-refractivity contribution is -0.140. The molecule has 0 N–H and O–H groups in total. The number of halogens is 3. The van der Waals surface area contributed by atoms with Crippen molar-refractivity contribution in [3.8, 4) is 17.1 Å². The predicted molar refractivity (Wildman–Crippen MR) is 103 cm³/mol. The molecule has 8 heteroatoms. The third-order valence-corrected chi connectivity index (χ3v) is 4.94. The van der Waals surface area contributed by atoms with Gasteiger partial charge in [-0.15, -0.1) is 0 Å². The fourth-order valence-electron chi connectivity index (χ4n) is 2.56. The van der Waals surface area contributed by atoms with Gasteiger partial charge in [0.25, 0.3) is 0 Å². The summed E-state index contributed by atoms with van der Waals surface area (Å²) in [5.41, 5.74) is 0.795. The van der Waals surface area contributed by atoms with Gasteiger partial charge < -0.3 is 0 Å². The normalized spacial score (nSPS) is 11.7. The first-order chi connectivity index (χ1) is 13.1. The molecule has 0 saturated heterocycles. The van der Waals surface area contributed by atoms with E-state index in [1.54, 1.807) is 18.2 Å². The molecule has 4 nitrogen and oxygen atoms in total. The Labute approximate surface area is 162 Å². The van der Waals surface area contributed by atoms with E-state index in [0.29, 0.717) is 11.3 Å². The Hall–Kier alpha value is -2.61. The Kier molecular flexibility index (Phi) is 6.34. The number of hydrogen-bond acceptors (Lipinski definition) is 3. The molecule has 0 aliphatic carbocycles. The minimum absolute atomic E-state index is 0.0921. The number of rotatable bonds is 3. The van der Waals surface area contributed by atoms with Crippen LogP contribution in [0.15, 0.2) is 59.6 Å². The van der Waals surface area contributed by atoms with Gasteiger partial charge in [-0.25, -0.2) is 13.4 Å². The summed E-state index contributed by atoms with van der Waals surface area (Å²) in [6.45, 7) is 5.84. The van der Waals surface area contributed by atoms with E-state index in [1.165, 1.54) is 28.8 Å². The number of sulfone groups is 1. The molecule has 0 bridgehead atoms. The number of aromatic nitrogens is 2. The lowest BCUT2D eigenvalue weighted by atomic mass is 10.1. The van der Waals surface area contributed by atoms with Crippen LogP contribution in [0.3, 0.4) is 0 Å². The molecule has 3 rings (SSSR count). The third-order valence-electron chi connectivity index (χ3n) is 3.82. The van der Waals surface area contributed by atoms with E-state index in [-0.39, 0.29) is 10.7 Å². The van der Waals surface area contributed by atoms with Gasteiger partial charge in [-0.05, 0) is 37.3 Å². The second kappa shape index (κ2) is 8.18. The third kappa shape index (κ3) is 4.81. The molecule has 0 fully saturated rings. The summed E-state index contributed by atoms with van der Waals surface area (Å²) in [5.74, 6) is 0.133. The van der Waals surface area contributed by atoms with Crippen LogP contribution >= 0.6 is 0 Å². The van der Waals surface area contributed by atoms with Crippen molar-refractivity contribution >= 4 is 9.84 Å². The minimum atomic E-state index is -4.59. The highest BCUT2D eigenvalue weighted by molar-refractivity contribution is 7.90. The van der Waals surface area contributed by atoms with Crippen molar-refractivity contribution in [1.29, 1.82) is 0 Å². The van der Waals surface area contributed by atoms with E-state index < -0.39 is 21.7 Å². The maximum atomic E-state index is 13.2. The molecular formula is C20H21F3N2O2S. The molecule has 0 aliphatic heterocycles. The van der Waals surface area contributed by atoms with Crippen molar-refractivity contribution in [1.82, 2.24) is 9.55 Å². The number of nitrogens with zero attached hydrogens (tertiary/aromatic N) is 2. The van der Waals surface area contributed by atoms with Crippen molar-refractivity contribution in [2.75, 3.05) is 6.26 Å². The van der Waals surface area contributed by atoms with Gasteiger partial charge in [-0.1, -0.05) is 37.6 Å². The number of hydrogen-bond donors (Lipinski definition) is 0. The Morgan fingerprint density at radius 3 is 2.11 bits per heavy atom. The van der Waals surface area contributed by atoms with E-state index in [9.17, 15) is 21.6 Å². The first kappa shape index (κ1) is 21.7. The quantitative estimate of drug-likeness (QED) is 0.589. The minimum Gasteiger partial charge on any atom is -0.299 e. The van der Waals surface area contributed by atoms with Crippen LogP contribution in [-0.2, 0) is 16.0 Å². The van der Waals surface area contributed by atoms with Gasteiger partial charge >= 0.3 is 6.18 Å². The first-order valence-corrected chi connectivity index (χ1v) is 10.5. The number of aryl methyl sites for hydroxylation is 1. The molecule has 0 radical (unpaired) electrons. The van der Waals surface area contributed by atoms with E-state index >= 15 is 0 Å². The van der Waals surface area contributed by atoms with E-state index in [4.69, 9.17) is 0 Å². The summed E-state index contributed by atoms with van der Waals surface area (Å²) >= 11 is 0. The lowest BCUT2D eigenvalue weighted by Crippen LogP contribution is -2.05. The average molecular weight is 410 g/mol. The highest BCUT2D eigenvalue weighted by Crippen LogP contribution is 2.33. The predicted octanol–water partition coefficient (Wildman–Crippen LogP) is 5.30. The van der Waals surface area contributed by atoms with Gasteiger partial charge in [0.1, 0.15) is 5.82 Å². The van der Waals surface area contributed by atoms with Crippen LogP contribution in [0.2, 0.25) is 0 Å². The van der Waals surface area contributed by atoms with Gasteiger partial charge in [0, 0.05) is 23.7 Å². The van der Waals surface area contributed by atoms with Gasteiger partial charge in [-0.2, -0.15) is 13.2 Å². The topological polar surface area (TPSA) is 52.0 Å². The number of alkyl halides is 3. The highest BCUT2D eigenvalue weighted by Gasteiger charge is 2.35. The van der Waals surface area contributed by atoms with Gasteiger partial charge in [0.05, 0.1) is 4.90 Å². The number of benzene rings is 2. The molecule has 0 saturated carbocycles. The number of imidazole rings is 1. The van der Waals surface area contributed by atoms with E-state index in [2.05, 4.69) is 4.98 Å². The van der Waals surface area contributed by atoms with Crippen LogP contribution in [-0.4, -0.2) is 24.2 Å². The monoisotopic (exact) mass is 410 g/mol. The summed E-state index contributed by atoms with van der Waals surface area (Å²) in [5, 5.41) is 0. The van der Waals surface area contributed by atoms with Crippen LogP contribution in [0, 0.1) is 6.92 Å². The van der Waals surface area contributed by atoms with E-state index in [1.807, 2.05) is 26.8 Å². The molecule has 0 atom stereocenters. The van der Waals surface area contributed by atoms with Crippen molar-refractivity contribution in [2.45, 2.75) is 31.8 Å². The van der Waals surface area contributed by atoms with Crippen LogP contribution in [0.5, 0.6) is 0 Å². The molecule has 0 spiro atoms. The second-order valence-electron chi connectivity index (χ2n) is 5.95. The molecule has 150 valence electrons. The summed E-state index contributed by atoms with van der Waals surface area (Å²) in [7, 11) is -3.39. The zero-order chi connectivity index (χ0) is 21.1. The average Bonchev–Trinajstić information content (AvgIpc) is 3.09. The van der Waals surface area contributed by atoms with E-state index in [0.717, 1.165) is 18.0 Å². The zero-order valence-electron chi connectivity index (χ0n) is 15.9. The summed E-state index contributed by atoms with van der Waals surface area (Å²) in [4.78, 5) is 3.85. The Morgan fingerprint density at radius 1 is 1.00 bits per heavy atom. The second-order valence-corrected chi connectivity index (χ2v) is 7.97. The first-order valence-electron chi connectivity index (χ1n) is 8.60. The van der Waals surface area contributed by atoms with Gasteiger partial charge in [0.15, 0.2) is 15.5 Å². The van der Waals surface area contributed by atoms with Crippen molar-refractivity contribution in [3.63, 3.8) is 0 Å². The molecule has 0 unspecified atom stereocenters. The molecule has 3 aromatic rings. The molecule has 0 amide bonds. The fraction of sp³-hybridized carbons (Fsp3) is 0.250. The Morgan fingerprint density at radius 2 is 1.61 bits per heavy atom. The summed E-state index contributed by atoms with van der Waals surface area (Å²) < 4.78 is 63.9. The van der Waals surface area contributed by atoms with Gasteiger partial charge in [-0.3, -0.25) is 4.57 Å². The largest absolute Gasteiger partial charge is 0.434 e. The standard InChI is InChI=1S/C18H15F3N2O2S.C2H6/c1-12-4-3-5-13(10-12)17-22-16(18(19,20)21)11-23(17)14-6-8-15(9-7-14)26(2,24)25;1-2/h3-11H,1-2H3;1-2H3. The lowest BCUT2D eigenvalue weighted by Gasteiger charge is -2.09.